The van der Waals surface area contributed by atoms with E-state index in [1.807, 2.05) is 36.2 Å². The molecule has 0 atom stereocenters. The van der Waals surface area contributed by atoms with Gasteiger partial charge in [0.25, 0.3) is 0 Å². The molecule has 1 heterocycles. The Bertz CT molecular complexity index is 697. The van der Waals surface area contributed by atoms with Crippen LogP contribution in [0.15, 0.2) is 24.3 Å². The number of carbonyl (C=O) groups is 1. The number of hydrogen-bond acceptors (Lipinski definition) is 5. The van der Waals surface area contributed by atoms with E-state index in [0.717, 1.165) is 34.4 Å². The van der Waals surface area contributed by atoms with Gasteiger partial charge in [-0.1, -0.05) is 43.0 Å². The molecule has 1 aromatic heterocycles. The molecule has 1 fully saturated rings. The fourth-order valence-electron chi connectivity index (χ4n) is 3.06. The first-order chi connectivity index (χ1) is 12.1. The van der Waals surface area contributed by atoms with Crippen LogP contribution in [-0.4, -0.2) is 34.9 Å². The van der Waals surface area contributed by atoms with Gasteiger partial charge < -0.3 is 10.2 Å². The zero-order valence-corrected chi connectivity index (χ0v) is 15.9. The summed E-state index contributed by atoms with van der Waals surface area (Å²) < 4.78 is 4.40. The lowest BCUT2D eigenvalue weighted by Crippen LogP contribution is -2.41. The van der Waals surface area contributed by atoms with Gasteiger partial charge in [-0.2, -0.15) is 4.37 Å². The van der Waals surface area contributed by atoms with Crippen LogP contribution >= 0.6 is 23.1 Å². The Balaban J connectivity index is 1.52. The van der Waals surface area contributed by atoms with E-state index in [9.17, 15) is 4.79 Å². The molecule has 1 aliphatic carbocycles. The first-order valence-corrected chi connectivity index (χ1v) is 9.83. The van der Waals surface area contributed by atoms with Gasteiger partial charge >= 0.3 is 0 Å². The van der Waals surface area contributed by atoms with Crippen molar-refractivity contribution in [2.75, 3.05) is 18.5 Å². The highest BCUT2D eigenvalue weighted by molar-refractivity contribution is 7.09. The van der Waals surface area contributed by atoms with Gasteiger partial charge in [0.15, 0.2) is 0 Å². The molecule has 1 saturated carbocycles. The third-order valence-electron chi connectivity index (χ3n) is 4.41. The summed E-state index contributed by atoms with van der Waals surface area (Å²) in [5, 5.41) is 4.62. The van der Waals surface area contributed by atoms with Crippen LogP contribution in [0.25, 0.3) is 0 Å². The molecule has 25 heavy (non-hydrogen) atoms. The molecule has 5 nitrogen and oxygen atoms in total. The summed E-state index contributed by atoms with van der Waals surface area (Å²) >= 11 is 7.23. The van der Waals surface area contributed by atoms with Crippen molar-refractivity contribution >= 4 is 34.2 Å². The quantitative estimate of drug-likeness (QED) is 0.833. The standard InChI is InChI=1S/C18H23ClN4OS/c1-23(12-17(24)20-15-5-3-2-4-6-15)18-21-16(22-25-18)11-13-7-9-14(19)10-8-13/h7-10,15H,2-6,11-12H2,1H3,(H,20,24). The number of rotatable bonds is 6. The van der Waals surface area contributed by atoms with Gasteiger partial charge in [0.1, 0.15) is 5.82 Å². The molecule has 134 valence electrons. The van der Waals surface area contributed by atoms with Crippen molar-refractivity contribution in [2.24, 2.45) is 0 Å². The monoisotopic (exact) mass is 378 g/mol. The van der Waals surface area contributed by atoms with E-state index in [1.165, 1.54) is 30.8 Å². The number of halogens is 1. The molecular formula is C18H23ClN4OS. The Kier molecular flexibility index (Phi) is 6.26. The third kappa shape index (κ3) is 5.41. The lowest BCUT2D eigenvalue weighted by Gasteiger charge is -2.24. The largest absolute Gasteiger partial charge is 0.352 e. The summed E-state index contributed by atoms with van der Waals surface area (Å²) in [4.78, 5) is 18.6. The molecule has 2 aromatic rings. The predicted octanol–water partition coefficient (Wildman–Crippen LogP) is 3.67. The maximum Gasteiger partial charge on any atom is 0.239 e. The van der Waals surface area contributed by atoms with Crippen molar-refractivity contribution in [3.05, 3.63) is 40.7 Å². The Morgan fingerprint density at radius 3 is 2.72 bits per heavy atom. The second-order valence-corrected chi connectivity index (χ2v) is 7.72. The minimum Gasteiger partial charge on any atom is -0.352 e. The van der Waals surface area contributed by atoms with Gasteiger partial charge in [-0.25, -0.2) is 4.98 Å². The number of anilines is 1. The van der Waals surface area contributed by atoms with Gasteiger partial charge in [0, 0.05) is 36.1 Å². The second-order valence-electron chi connectivity index (χ2n) is 6.55. The van der Waals surface area contributed by atoms with E-state index in [-0.39, 0.29) is 5.91 Å². The highest BCUT2D eigenvalue weighted by atomic mass is 35.5. The van der Waals surface area contributed by atoms with Crippen LogP contribution in [0.1, 0.15) is 43.5 Å². The molecule has 0 unspecified atom stereocenters. The zero-order chi connectivity index (χ0) is 17.6. The van der Waals surface area contributed by atoms with Crippen LogP contribution < -0.4 is 10.2 Å². The van der Waals surface area contributed by atoms with Crippen molar-refractivity contribution in [3.63, 3.8) is 0 Å². The molecule has 1 aliphatic rings. The Labute approximate surface area is 157 Å². The van der Waals surface area contributed by atoms with Crippen LogP contribution in [0.4, 0.5) is 5.13 Å². The molecule has 7 heteroatoms. The Morgan fingerprint density at radius 2 is 2.00 bits per heavy atom. The van der Waals surface area contributed by atoms with Crippen LogP contribution in [0.5, 0.6) is 0 Å². The molecule has 3 rings (SSSR count). The molecule has 0 bridgehead atoms. The second kappa shape index (κ2) is 8.63. The lowest BCUT2D eigenvalue weighted by molar-refractivity contribution is -0.120. The summed E-state index contributed by atoms with van der Waals surface area (Å²) in [6.45, 7) is 0.312. The van der Waals surface area contributed by atoms with Crippen molar-refractivity contribution in [1.82, 2.24) is 14.7 Å². The van der Waals surface area contributed by atoms with Crippen LogP contribution in [-0.2, 0) is 11.2 Å². The van der Waals surface area contributed by atoms with E-state index < -0.39 is 0 Å². The van der Waals surface area contributed by atoms with Crippen LogP contribution in [0.3, 0.4) is 0 Å². The molecule has 0 saturated heterocycles. The van der Waals surface area contributed by atoms with Crippen molar-refractivity contribution < 1.29 is 4.79 Å². The highest BCUT2D eigenvalue weighted by Crippen LogP contribution is 2.19. The molecule has 1 amide bonds. The number of benzene rings is 1. The molecular weight excluding hydrogens is 356 g/mol. The summed E-state index contributed by atoms with van der Waals surface area (Å²) in [7, 11) is 1.88. The van der Waals surface area contributed by atoms with Gasteiger partial charge in [0.2, 0.25) is 11.0 Å². The average Bonchev–Trinajstić information content (AvgIpc) is 3.06. The maximum atomic E-state index is 12.2. The molecule has 1 aromatic carbocycles. The number of carbonyl (C=O) groups excluding carboxylic acids is 1. The Morgan fingerprint density at radius 1 is 1.28 bits per heavy atom. The average molecular weight is 379 g/mol. The fraction of sp³-hybridized carbons (Fsp3) is 0.500. The van der Waals surface area contributed by atoms with E-state index >= 15 is 0 Å². The highest BCUT2D eigenvalue weighted by Gasteiger charge is 2.18. The molecule has 0 radical (unpaired) electrons. The minimum absolute atomic E-state index is 0.0591. The normalized spacial score (nSPS) is 15.1. The van der Waals surface area contributed by atoms with Gasteiger partial charge in [-0.05, 0) is 30.5 Å². The first-order valence-electron chi connectivity index (χ1n) is 8.67. The number of likely N-dealkylation sites (N-methyl/N-ethyl adjacent to an activating group) is 1. The topological polar surface area (TPSA) is 58.1 Å². The Hall–Kier alpha value is -1.66. The summed E-state index contributed by atoms with van der Waals surface area (Å²) in [5.74, 6) is 0.825. The molecule has 1 N–H and O–H groups in total. The van der Waals surface area contributed by atoms with Crippen molar-refractivity contribution in [3.8, 4) is 0 Å². The smallest absolute Gasteiger partial charge is 0.239 e. The summed E-state index contributed by atoms with van der Waals surface area (Å²) in [5.41, 5.74) is 1.12. The molecule has 0 spiro atoms. The summed E-state index contributed by atoms with van der Waals surface area (Å²) in [6.07, 6.45) is 6.57. The van der Waals surface area contributed by atoms with Crippen molar-refractivity contribution in [2.45, 2.75) is 44.6 Å². The van der Waals surface area contributed by atoms with Crippen LogP contribution in [0, 0.1) is 0 Å². The third-order valence-corrected chi connectivity index (χ3v) is 5.53. The number of hydrogen-bond donors (Lipinski definition) is 1. The molecule has 0 aliphatic heterocycles. The number of aromatic nitrogens is 2. The van der Waals surface area contributed by atoms with Crippen LogP contribution in [0.2, 0.25) is 5.02 Å². The first kappa shape index (κ1) is 18.1. The van der Waals surface area contributed by atoms with Gasteiger partial charge in [0.05, 0.1) is 6.54 Å². The zero-order valence-electron chi connectivity index (χ0n) is 14.4. The summed E-state index contributed by atoms with van der Waals surface area (Å²) in [6, 6.07) is 8.02. The van der Waals surface area contributed by atoms with E-state index in [4.69, 9.17) is 11.6 Å². The minimum atomic E-state index is 0.0591. The maximum absolute atomic E-state index is 12.2. The number of nitrogens with one attached hydrogen (secondary N) is 1. The van der Waals surface area contributed by atoms with E-state index in [2.05, 4.69) is 14.7 Å². The SMILES string of the molecule is CN(CC(=O)NC1CCCCC1)c1nc(Cc2ccc(Cl)cc2)ns1. The predicted molar refractivity (Wildman–Crippen MR) is 102 cm³/mol. The number of amides is 1. The fourth-order valence-corrected chi connectivity index (χ4v) is 3.83. The van der Waals surface area contributed by atoms with E-state index in [0.29, 0.717) is 19.0 Å². The van der Waals surface area contributed by atoms with E-state index in [1.54, 1.807) is 0 Å². The van der Waals surface area contributed by atoms with Gasteiger partial charge in [-0.15, -0.1) is 0 Å². The van der Waals surface area contributed by atoms with Gasteiger partial charge in [-0.3, -0.25) is 4.79 Å². The number of nitrogens with zero attached hydrogens (tertiary/aromatic N) is 3. The lowest BCUT2D eigenvalue weighted by atomic mass is 9.95. The van der Waals surface area contributed by atoms with Crippen molar-refractivity contribution in [1.29, 1.82) is 0 Å².